The zero-order chi connectivity index (χ0) is 13.1. The lowest BCUT2D eigenvalue weighted by atomic mass is 9.88. The minimum atomic E-state index is -0.380. The lowest BCUT2D eigenvalue weighted by molar-refractivity contribution is -0.122. The number of aryl methyl sites for hydroxylation is 1. The highest BCUT2D eigenvalue weighted by molar-refractivity contribution is 5.93. The maximum absolute atomic E-state index is 12.0. The zero-order valence-corrected chi connectivity index (χ0v) is 10.2. The SMILES string of the molecule is Cn1cncc1C(=O)N[C@@H]1CC=CC[C@H]1C(N)=O. The molecule has 0 saturated carbocycles. The Hall–Kier alpha value is -2.11. The van der Waals surface area contributed by atoms with Crippen LogP contribution in [-0.2, 0) is 11.8 Å². The first-order valence-electron chi connectivity index (χ1n) is 5.81. The third kappa shape index (κ3) is 2.42. The quantitative estimate of drug-likeness (QED) is 0.736. The van der Waals surface area contributed by atoms with Gasteiger partial charge < -0.3 is 15.6 Å². The molecule has 1 heterocycles. The number of nitrogens with one attached hydrogen (secondary N) is 1. The fraction of sp³-hybridized carbons (Fsp3) is 0.417. The summed E-state index contributed by atoms with van der Waals surface area (Å²) in [4.78, 5) is 27.2. The van der Waals surface area contributed by atoms with Gasteiger partial charge in [-0.1, -0.05) is 12.2 Å². The molecule has 0 spiro atoms. The molecule has 18 heavy (non-hydrogen) atoms. The lowest BCUT2D eigenvalue weighted by Crippen LogP contribution is -2.46. The molecule has 1 aliphatic carbocycles. The van der Waals surface area contributed by atoms with Gasteiger partial charge in [0.1, 0.15) is 5.69 Å². The van der Waals surface area contributed by atoms with Crippen LogP contribution in [0.15, 0.2) is 24.7 Å². The fourth-order valence-electron chi connectivity index (χ4n) is 2.11. The number of hydrogen-bond acceptors (Lipinski definition) is 3. The van der Waals surface area contributed by atoms with Crippen molar-refractivity contribution in [2.45, 2.75) is 18.9 Å². The molecule has 0 radical (unpaired) electrons. The van der Waals surface area contributed by atoms with Gasteiger partial charge in [-0.25, -0.2) is 4.98 Å². The Kier molecular flexibility index (Phi) is 3.45. The number of rotatable bonds is 3. The van der Waals surface area contributed by atoms with Gasteiger partial charge in [-0.2, -0.15) is 0 Å². The summed E-state index contributed by atoms with van der Waals surface area (Å²) in [6.45, 7) is 0. The molecule has 2 amide bonds. The second kappa shape index (κ2) is 5.03. The van der Waals surface area contributed by atoms with E-state index < -0.39 is 0 Å². The average molecular weight is 248 g/mol. The maximum atomic E-state index is 12.0. The van der Waals surface area contributed by atoms with E-state index in [2.05, 4.69) is 10.3 Å². The summed E-state index contributed by atoms with van der Waals surface area (Å²) in [5, 5.41) is 2.84. The molecule has 0 saturated heterocycles. The van der Waals surface area contributed by atoms with Gasteiger partial charge in [0.15, 0.2) is 0 Å². The third-order valence-corrected chi connectivity index (χ3v) is 3.16. The van der Waals surface area contributed by atoms with Crippen molar-refractivity contribution in [2.24, 2.45) is 18.7 Å². The molecule has 2 atom stereocenters. The Morgan fingerprint density at radius 1 is 1.44 bits per heavy atom. The molecule has 96 valence electrons. The van der Waals surface area contributed by atoms with Crippen LogP contribution in [0, 0.1) is 5.92 Å². The average Bonchev–Trinajstić information content (AvgIpc) is 2.76. The minimum Gasteiger partial charge on any atom is -0.369 e. The topological polar surface area (TPSA) is 90.0 Å². The van der Waals surface area contributed by atoms with Crippen molar-refractivity contribution in [1.82, 2.24) is 14.9 Å². The Bertz CT molecular complexity index is 492. The highest BCUT2D eigenvalue weighted by Crippen LogP contribution is 2.19. The summed E-state index contributed by atoms with van der Waals surface area (Å²) >= 11 is 0. The molecule has 0 fully saturated rings. The molecular formula is C12H16N4O2. The van der Waals surface area contributed by atoms with E-state index in [1.165, 1.54) is 6.20 Å². The Morgan fingerprint density at radius 2 is 2.17 bits per heavy atom. The van der Waals surface area contributed by atoms with E-state index in [0.29, 0.717) is 18.5 Å². The first-order valence-corrected chi connectivity index (χ1v) is 5.81. The number of nitrogens with two attached hydrogens (primary N) is 1. The van der Waals surface area contributed by atoms with Crippen LogP contribution in [0.5, 0.6) is 0 Å². The molecule has 1 aromatic rings. The van der Waals surface area contributed by atoms with Crippen LogP contribution >= 0.6 is 0 Å². The van der Waals surface area contributed by atoms with Crippen LogP contribution < -0.4 is 11.1 Å². The molecule has 3 N–H and O–H groups in total. The maximum Gasteiger partial charge on any atom is 0.269 e. The number of carbonyl (C=O) groups excluding carboxylic acids is 2. The summed E-state index contributed by atoms with van der Waals surface area (Å²) in [5.41, 5.74) is 5.81. The highest BCUT2D eigenvalue weighted by atomic mass is 16.2. The first kappa shape index (κ1) is 12.3. The molecular weight excluding hydrogens is 232 g/mol. The molecule has 2 rings (SSSR count). The predicted octanol–water partition coefficient (Wildman–Crippen LogP) is -0.0300. The van der Waals surface area contributed by atoms with Crippen molar-refractivity contribution in [3.63, 3.8) is 0 Å². The van der Waals surface area contributed by atoms with Crippen molar-refractivity contribution >= 4 is 11.8 Å². The van der Waals surface area contributed by atoms with Gasteiger partial charge in [0.05, 0.1) is 18.4 Å². The van der Waals surface area contributed by atoms with E-state index in [4.69, 9.17) is 5.73 Å². The number of carbonyl (C=O) groups is 2. The molecule has 1 aromatic heterocycles. The number of hydrogen-bond donors (Lipinski definition) is 2. The van der Waals surface area contributed by atoms with Gasteiger partial charge in [-0.05, 0) is 12.8 Å². The van der Waals surface area contributed by atoms with E-state index in [1.54, 1.807) is 17.9 Å². The molecule has 1 aliphatic rings. The summed E-state index contributed by atoms with van der Waals surface area (Å²) < 4.78 is 1.63. The number of nitrogens with zero attached hydrogens (tertiary/aromatic N) is 2. The molecule has 6 heteroatoms. The van der Waals surface area contributed by atoms with Gasteiger partial charge >= 0.3 is 0 Å². The van der Waals surface area contributed by atoms with Gasteiger partial charge in [0, 0.05) is 13.1 Å². The number of imidazole rings is 1. The van der Waals surface area contributed by atoms with Crippen molar-refractivity contribution in [1.29, 1.82) is 0 Å². The Balaban J connectivity index is 2.08. The summed E-state index contributed by atoms with van der Waals surface area (Å²) in [6.07, 6.45) is 8.12. The van der Waals surface area contributed by atoms with Crippen molar-refractivity contribution in [3.8, 4) is 0 Å². The van der Waals surface area contributed by atoms with Crippen LogP contribution in [0.4, 0.5) is 0 Å². The van der Waals surface area contributed by atoms with Crippen LogP contribution in [0.25, 0.3) is 0 Å². The predicted molar refractivity (Wildman–Crippen MR) is 65.5 cm³/mol. The highest BCUT2D eigenvalue weighted by Gasteiger charge is 2.29. The lowest BCUT2D eigenvalue weighted by Gasteiger charge is -2.26. The second-order valence-corrected chi connectivity index (χ2v) is 4.42. The zero-order valence-electron chi connectivity index (χ0n) is 10.2. The molecule has 0 unspecified atom stereocenters. The van der Waals surface area contributed by atoms with Crippen molar-refractivity contribution in [2.75, 3.05) is 0 Å². The standard InChI is InChI=1S/C12H16N4O2/c1-16-7-14-6-10(16)12(18)15-9-5-3-2-4-8(9)11(13)17/h2-3,6-9H,4-5H2,1H3,(H2,13,17)(H,15,18)/t8-,9-/m1/s1. The minimum absolute atomic E-state index is 0.235. The van der Waals surface area contributed by atoms with Crippen LogP contribution in [0.2, 0.25) is 0 Å². The van der Waals surface area contributed by atoms with E-state index in [9.17, 15) is 9.59 Å². The van der Waals surface area contributed by atoms with Gasteiger partial charge in [0.25, 0.3) is 5.91 Å². The smallest absolute Gasteiger partial charge is 0.269 e. The number of amides is 2. The molecule has 6 nitrogen and oxygen atoms in total. The summed E-state index contributed by atoms with van der Waals surface area (Å²) in [6, 6.07) is -0.241. The fourth-order valence-corrected chi connectivity index (χ4v) is 2.11. The summed E-state index contributed by atoms with van der Waals surface area (Å²) in [5.74, 6) is -0.955. The van der Waals surface area contributed by atoms with E-state index in [1.807, 2.05) is 12.2 Å². The van der Waals surface area contributed by atoms with E-state index in [-0.39, 0.29) is 23.8 Å². The van der Waals surface area contributed by atoms with Crippen LogP contribution in [-0.4, -0.2) is 27.4 Å². The van der Waals surface area contributed by atoms with Gasteiger partial charge in [0.2, 0.25) is 5.91 Å². The molecule has 0 aromatic carbocycles. The third-order valence-electron chi connectivity index (χ3n) is 3.16. The van der Waals surface area contributed by atoms with Crippen LogP contribution in [0.3, 0.4) is 0 Å². The summed E-state index contributed by atoms with van der Waals surface area (Å²) in [7, 11) is 1.74. The number of primary amides is 1. The number of aromatic nitrogens is 2. The van der Waals surface area contributed by atoms with Crippen molar-refractivity contribution in [3.05, 3.63) is 30.4 Å². The Morgan fingerprint density at radius 3 is 2.78 bits per heavy atom. The van der Waals surface area contributed by atoms with Crippen molar-refractivity contribution < 1.29 is 9.59 Å². The normalized spacial score (nSPS) is 22.7. The molecule has 0 aliphatic heterocycles. The Labute approximate surface area is 105 Å². The van der Waals surface area contributed by atoms with E-state index in [0.717, 1.165) is 0 Å². The monoisotopic (exact) mass is 248 g/mol. The first-order chi connectivity index (χ1) is 8.59. The van der Waals surface area contributed by atoms with E-state index >= 15 is 0 Å². The van der Waals surface area contributed by atoms with Gasteiger partial charge in [-0.3, -0.25) is 9.59 Å². The number of allylic oxidation sites excluding steroid dienone is 1. The largest absolute Gasteiger partial charge is 0.369 e. The second-order valence-electron chi connectivity index (χ2n) is 4.42. The van der Waals surface area contributed by atoms with Gasteiger partial charge in [-0.15, -0.1) is 0 Å². The molecule has 0 bridgehead atoms. The van der Waals surface area contributed by atoms with Crippen LogP contribution in [0.1, 0.15) is 23.3 Å².